The first-order valence-electron chi connectivity index (χ1n) is 7.21. The molecule has 26 heavy (non-hydrogen) atoms. The standard InChI is InChI=1S/C18H12Cl2N2O4/c19-13-6-14(20)8-15(7-13)22-18(25)12(9-21)5-11-1-3-16(4-2-11)26-10-17(23)24/h1-8H,10H2,(H,22,25)(H,23,24). The number of hydrogen-bond acceptors (Lipinski definition) is 4. The zero-order valence-electron chi connectivity index (χ0n) is 13.2. The molecule has 0 aliphatic heterocycles. The zero-order valence-corrected chi connectivity index (χ0v) is 14.7. The van der Waals surface area contributed by atoms with Crippen LogP contribution in [0.15, 0.2) is 48.0 Å². The predicted octanol–water partition coefficient (Wildman–Crippen LogP) is 4.00. The Bertz CT molecular complexity index is 882. The highest BCUT2D eigenvalue weighted by atomic mass is 35.5. The summed E-state index contributed by atoms with van der Waals surface area (Å²) in [6, 6.07) is 12.6. The molecule has 0 fully saturated rings. The van der Waals surface area contributed by atoms with Crippen molar-refractivity contribution in [3.63, 3.8) is 0 Å². The number of carbonyl (C=O) groups is 2. The third-order valence-corrected chi connectivity index (χ3v) is 3.48. The van der Waals surface area contributed by atoms with E-state index >= 15 is 0 Å². The molecule has 0 atom stereocenters. The van der Waals surface area contributed by atoms with Crippen molar-refractivity contribution in [2.75, 3.05) is 11.9 Å². The molecule has 0 heterocycles. The SMILES string of the molecule is N#CC(=Cc1ccc(OCC(=O)O)cc1)C(=O)Nc1cc(Cl)cc(Cl)c1. The van der Waals surface area contributed by atoms with Crippen LogP contribution >= 0.6 is 23.2 Å². The Kier molecular flexibility index (Phi) is 6.61. The number of halogens is 2. The molecule has 0 aliphatic rings. The summed E-state index contributed by atoms with van der Waals surface area (Å²) >= 11 is 11.7. The van der Waals surface area contributed by atoms with Crippen LogP contribution < -0.4 is 10.1 Å². The van der Waals surface area contributed by atoms with E-state index in [0.717, 1.165) is 0 Å². The highest BCUT2D eigenvalue weighted by Gasteiger charge is 2.10. The number of nitrogens with zero attached hydrogens (tertiary/aromatic N) is 1. The van der Waals surface area contributed by atoms with E-state index < -0.39 is 18.5 Å². The first-order chi connectivity index (χ1) is 12.4. The fraction of sp³-hybridized carbons (Fsp3) is 0.0556. The minimum Gasteiger partial charge on any atom is -0.482 e. The third-order valence-electron chi connectivity index (χ3n) is 3.04. The van der Waals surface area contributed by atoms with Crippen molar-refractivity contribution in [3.05, 3.63) is 63.6 Å². The Morgan fingerprint density at radius 1 is 1.15 bits per heavy atom. The molecule has 1 amide bonds. The van der Waals surface area contributed by atoms with Crippen molar-refractivity contribution in [2.45, 2.75) is 0 Å². The van der Waals surface area contributed by atoms with Crippen LogP contribution in [0.25, 0.3) is 6.08 Å². The van der Waals surface area contributed by atoms with Gasteiger partial charge in [-0.2, -0.15) is 5.26 Å². The number of nitriles is 1. The second kappa shape index (κ2) is 8.90. The van der Waals surface area contributed by atoms with Crippen LogP contribution in [0.1, 0.15) is 5.56 Å². The van der Waals surface area contributed by atoms with Gasteiger partial charge in [-0.1, -0.05) is 35.3 Å². The lowest BCUT2D eigenvalue weighted by Gasteiger charge is -2.06. The molecule has 0 aromatic heterocycles. The highest BCUT2D eigenvalue weighted by Crippen LogP contribution is 2.23. The molecule has 2 rings (SSSR count). The van der Waals surface area contributed by atoms with E-state index in [-0.39, 0.29) is 5.57 Å². The smallest absolute Gasteiger partial charge is 0.341 e. The van der Waals surface area contributed by atoms with E-state index in [4.69, 9.17) is 33.0 Å². The highest BCUT2D eigenvalue weighted by molar-refractivity contribution is 6.35. The number of anilines is 1. The number of carbonyl (C=O) groups excluding carboxylic acids is 1. The molecule has 0 spiro atoms. The van der Waals surface area contributed by atoms with Crippen molar-refractivity contribution in [1.82, 2.24) is 0 Å². The monoisotopic (exact) mass is 390 g/mol. The Morgan fingerprint density at radius 2 is 1.77 bits per heavy atom. The van der Waals surface area contributed by atoms with Gasteiger partial charge in [0.1, 0.15) is 17.4 Å². The summed E-state index contributed by atoms with van der Waals surface area (Å²) < 4.78 is 5.01. The molecule has 132 valence electrons. The second-order valence-corrected chi connectivity index (χ2v) is 5.91. The van der Waals surface area contributed by atoms with Gasteiger partial charge in [0.2, 0.25) is 0 Å². The predicted molar refractivity (Wildman–Crippen MR) is 98.3 cm³/mol. The maximum absolute atomic E-state index is 12.2. The topological polar surface area (TPSA) is 99.4 Å². The van der Waals surface area contributed by atoms with Crippen LogP contribution in [0.4, 0.5) is 5.69 Å². The Labute approximate surface area is 159 Å². The normalized spacial score (nSPS) is 10.7. The van der Waals surface area contributed by atoms with Gasteiger partial charge in [0, 0.05) is 15.7 Å². The van der Waals surface area contributed by atoms with Crippen LogP contribution in [0.3, 0.4) is 0 Å². The molecular weight excluding hydrogens is 379 g/mol. The van der Waals surface area contributed by atoms with Gasteiger partial charge in [-0.05, 0) is 42.0 Å². The van der Waals surface area contributed by atoms with Crippen LogP contribution in [-0.2, 0) is 9.59 Å². The Balaban J connectivity index is 2.12. The van der Waals surface area contributed by atoms with E-state index in [9.17, 15) is 14.9 Å². The molecule has 2 N–H and O–H groups in total. The lowest BCUT2D eigenvalue weighted by Crippen LogP contribution is -2.13. The van der Waals surface area contributed by atoms with Gasteiger partial charge in [-0.15, -0.1) is 0 Å². The fourth-order valence-electron chi connectivity index (χ4n) is 1.95. The van der Waals surface area contributed by atoms with Crippen LogP contribution in [0.5, 0.6) is 5.75 Å². The van der Waals surface area contributed by atoms with E-state index in [1.54, 1.807) is 24.3 Å². The molecule has 8 heteroatoms. The van der Waals surface area contributed by atoms with Crippen molar-refractivity contribution in [2.24, 2.45) is 0 Å². The maximum atomic E-state index is 12.2. The van der Waals surface area contributed by atoms with Gasteiger partial charge in [-0.25, -0.2) is 4.79 Å². The minimum atomic E-state index is -1.08. The molecular formula is C18H12Cl2N2O4. The summed E-state index contributed by atoms with van der Waals surface area (Å²) in [7, 11) is 0. The van der Waals surface area contributed by atoms with Gasteiger partial charge >= 0.3 is 5.97 Å². The number of amides is 1. The average molecular weight is 391 g/mol. The number of benzene rings is 2. The van der Waals surface area contributed by atoms with E-state index in [2.05, 4.69) is 5.32 Å². The maximum Gasteiger partial charge on any atom is 0.341 e. The van der Waals surface area contributed by atoms with Crippen molar-refractivity contribution >= 4 is 46.8 Å². The van der Waals surface area contributed by atoms with Crippen LogP contribution in [0, 0.1) is 11.3 Å². The number of nitrogens with one attached hydrogen (secondary N) is 1. The summed E-state index contributed by atoms with van der Waals surface area (Å²) in [6.07, 6.45) is 1.39. The second-order valence-electron chi connectivity index (χ2n) is 5.03. The number of carboxylic acid groups (broad SMARTS) is 1. The van der Waals surface area contributed by atoms with Crippen molar-refractivity contribution in [1.29, 1.82) is 5.26 Å². The van der Waals surface area contributed by atoms with Gasteiger partial charge in [0.05, 0.1) is 0 Å². The molecule has 2 aromatic carbocycles. The number of aliphatic carboxylic acids is 1. The number of hydrogen-bond donors (Lipinski definition) is 2. The molecule has 0 aliphatic carbocycles. The van der Waals surface area contributed by atoms with Crippen LogP contribution in [-0.4, -0.2) is 23.6 Å². The summed E-state index contributed by atoms with van der Waals surface area (Å²) in [6.45, 7) is -0.455. The summed E-state index contributed by atoms with van der Waals surface area (Å²) in [5.74, 6) is -1.34. The molecule has 0 radical (unpaired) electrons. The zero-order chi connectivity index (χ0) is 19.1. The molecule has 2 aromatic rings. The van der Waals surface area contributed by atoms with Crippen LogP contribution in [0.2, 0.25) is 10.0 Å². The molecule has 0 saturated carbocycles. The first-order valence-corrected chi connectivity index (χ1v) is 7.97. The number of ether oxygens (including phenoxy) is 1. The summed E-state index contributed by atoms with van der Waals surface area (Å²) in [5.41, 5.74) is 0.815. The molecule has 6 nitrogen and oxygen atoms in total. The van der Waals surface area contributed by atoms with Crippen molar-refractivity contribution < 1.29 is 19.4 Å². The van der Waals surface area contributed by atoms with Crippen molar-refractivity contribution in [3.8, 4) is 11.8 Å². The minimum absolute atomic E-state index is 0.125. The molecule has 0 bridgehead atoms. The quantitative estimate of drug-likeness (QED) is 0.573. The largest absolute Gasteiger partial charge is 0.482 e. The lowest BCUT2D eigenvalue weighted by molar-refractivity contribution is -0.139. The molecule has 0 unspecified atom stereocenters. The fourth-order valence-corrected chi connectivity index (χ4v) is 2.47. The van der Waals surface area contributed by atoms with E-state index in [1.165, 1.54) is 24.3 Å². The van der Waals surface area contributed by atoms with E-state index in [0.29, 0.717) is 27.0 Å². The Hall–Kier alpha value is -3.01. The van der Waals surface area contributed by atoms with Gasteiger partial charge in [0.15, 0.2) is 6.61 Å². The molecule has 0 saturated heterocycles. The van der Waals surface area contributed by atoms with Gasteiger partial charge in [0.25, 0.3) is 5.91 Å². The first kappa shape index (κ1) is 19.3. The Morgan fingerprint density at radius 3 is 2.31 bits per heavy atom. The van der Waals surface area contributed by atoms with Gasteiger partial charge < -0.3 is 15.2 Å². The number of rotatable bonds is 6. The lowest BCUT2D eigenvalue weighted by atomic mass is 10.1. The number of carboxylic acids is 1. The van der Waals surface area contributed by atoms with E-state index in [1.807, 2.05) is 6.07 Å². The summed E-state index contributed by atoms with van der Waals surface area (Å²) in [5, 5.41) is 21.0. The van der Waals surface area contributed by atoms with Gasteiger partial charge in [-0.3, -0.25) is 4.79 Å². The third kappa shape index (κ3) is 5.81. The average Bonchev–Trinajstić information content (AvgIpc) is 2.57. The summed E-state index contributed by atoms with van der Waals surface area (Å²) in [4.78, 5) is 22.7.